The van der Waals surface area contributed by atoms with Crippen LogP contribution in [0.15, 0.2) is 60.6 Å². The first kappa shape index (κ1) is 28.9. The van der Waals surface area contributed by atoms with Crippen LogP contribution in [0.5, 0.6) is 5.75 Å². The molecule has 0 spiro atoms. The molecular formula is C29H30F3N3O5. The minimum atomic E-state index is -5.08. The number of hydrogen-bond donors (Lipinski definition) is 3. The Kier molecular flexibility index (Phi) is 8.63. The van der Waals surface area contributed by atoms with Crippen LogP contribution in [0.2, 0.25) is 0 Å². The number of imidazole rings is 1. The number of nitrogens with one attached hydrogen (secondary N) is 1. The maximum absolute atomic E-state index is 13.3. The highest BCUT2D eigenvalue weighted by Crippen LogP contribution is 2.37. The van der Waals surface area contributed by atoms with Crippen LogP contribution >= 0.6 is 0 Å². The summed E-state index contributed by atoms with van der Waals surface area (Å²) in [4.78, 5) is 26.5. The number of aliphatic hydroxyl groups is 1. The number of alkyl halides is 3. The van der Waals surface area contributed by atoms with Crippen LogP contribution < -0.4 is 10.1 Å². The van der Waals surface area contributed by atoms with Gasteiger partial charge in [-0.2, -0.15) is 13.2 Å². The number of carboxylic acids is 1. The highest BCUT2D eigenvalue weighted by atomic mass is 19.4. The molecule has 2 aromatic carbocycles. The van der Waals surface area contributed by atoms with Crippen molar-refractivity contribution in [2.75, 3.05) is 7.11 Å². The summed E-state index contributed by atoms with van der Waals surface area (Å²) in [6.45, 7) is 1.95. The van der Waals surface area contributed by atoms with Crippen LogP contribution in [0.1, 0.15) is 47.7 Å². The Balaban J connectivity index is 0.000000470. The van der Waals surface area contributed by atoms with Crippen LogP contribution in [0.4, 0.5) is 13.2 Å². The minimum absolute atomic E-state index is 0.115. The van der Waals surface area contributed by atoms with Crippen LogP contribution in [0.25, 0.3) is 11.8 Å². The summed E-state index contributed by atoms with van der Waals surface area (Å²) in [6.07, 6.45) is 3.59. The van der Waals surface area contributed by atoms with E-state index in [1.165, 1.54) is 0 Å². The van der Waals surface area contributed by atoms with Crippen molar-refractivity contribution >= 4 is 18.0 Å². The molecule has 2 atom stereocenters. The summed E-state index contributed by atoms with van der Waals surface area (Å²) in [7, 11) is 1.65. The van der Waals surface area contributed by atoms with E-state index in [1.807, 2.05) is 66.2 Å². The predicted molar refractivity (Wildman–Crippen MR) is 141 cm³/mol. The van der Waals surface area contributed by atoms with Crippen molar-refractivity contribution in [1.29, 1.82) is 0 Å². The first-order valence-electron chi connectivity index (χ1n) is 12.7. The first-order chi connectivity index (χ1) is 19.0. The topological polar surface area (TPSA) is 114 Å². The molecule has 1 heterocycles. The van der Waals surface area contributed by atoms with Gasteiger partial charge < -0.3 is 24.8 Å². The van der Waals surface area contributed by atoms with E-state index < -0.39 is 18.2 Å². The van der Waals surface area contributed by atoms with E-state index in [2.05, 4.69) is 10.3 Å². The number of aliphatic hydroxyl groups excluding tert-OH is 1. The van der Waals surface area contributed by atoms with Gasteiger partial charge in [0.25, 0.3) is 0 Å². The van der Waals surface area contributed by atoms with Crippen molar-refractivity contribution < 1.29 is 37.7 Å². The number of rotatable bonds is 7. The number of methoxy groups -OCH3 is 1. The number of hydrogen-bond acceptors (Lipinski definition) is 5. The van der Waals surface area contributed by atoms with Gasteiger partial charge in [-0.15, -0.1) is 0 Å². The zero-order valence-corrected chi connectivity index (χ0v) is 22.0. The number of carbonyl (C=O) groups excluding carboxylic acids is 1. The number of benzene rings is 2. The van der Waals surface area contributed by atoms with Crippen LogP contribution in [0, 0.1) is 12.8 Å². The summed E-state index contributed by atoms with van der Waals surface area (Å²) in [5.41, 5.74) is 5.58. The Morgan fingerprint density at radius 3 is 2.50 bits per heavy atom. The molecule has 1 saturated carbocycles. The van der Waals surface area contributed by atoms with Gasteiger partial charge in [-0.1, -0.05) is 30.3 Å². The molecule has 3 N–H and O–H groups in total. The fraction of sp³-hybridized carbons (Fsp3) is 0.345. The molecule has 0 unspecified atom stereocenters. The third-order valence-electron chi connectivity index (χ3n) is 6.76. The minimum Gasteiger partial charge on any atom is -0.495 e. The summed E-state index contributed by atoms with van der Waals surface area (Å²) >= 11 is 0. The SMILES string of the molecule is COc1cc(/C=C(\CC2CC2)C(=O)N[C@@H]2c3ccccc3C[C@@H]2O)ccc1-n1cnc(C)c1.O=C(O)C(F)(F)F. The lowest BCUT2D eigenvalue weighted by Crippen LogP contribution is -2.34. The summed E-state index contributed by atoms with van der Waals surface area (Å²) in [5.74, 6) is -1.60. The first-order valence-corrected chi connectivity index (χ1v) is 12.7. The second-order valence-corrected chi connectivity index (χ2v) is 9.90. The van der Waals surface area contributed by atoms with Gasteiger partial charge in [0.2, 0.25) is 5.91 Å². The smallest absolute Gasteiger partial charge is 0.490 e. The van der Waals surface area contributed by atoms with Crippen molar-refractivity contribution in [1.82, 2.24) is 14.9 Å². The lowest BCUT2D eigenvalue weighted by atomic mass is 10.0. The van der Waals surface area contributed by atoms with E-state index >= 15 is 0 Å². The van der Waals surface area contributed by atoms with Crippen molar-refractivity contribution in [3.63, 3.8) is 0 Å². The van der Waals surface area contributed by atoms with Crippen molar-refractivity contribution in [3.05, 3.63) is 82.9 Å². The Morgan fingerprint density at radius 1 is 1.20 bits per heavy atom. The molecule has 1 fully saturated rings. The van der Waals surface area contributed by atoms with Gasteiger partial charge in [0.1, 0.15) is 5.75 Å². The van der Waals surface area contributed by atoms with Gasteiger partial charge in [0.15, 0.2) is 0 Å². The molecule has 0 bridgehead atoms. The number of carbonyl (C=O) groups is 2. The molecule has 3 aromatic rings. The Hall–Kier alpha value is -4.12. The second-order valence-electron chi connectivity index (χ2n) is 9.90. The number of aliphatic carboxylic acids is 1. The molecule has 40 heavy (non-hydrogen) atoms. The quantitative estimate of drug-likeness (QED) is 0.361. The van der Waals surface area contributed by atoms with E-state index in [0.29, 0.717) is 18.1 Å². The van der Waals surface area contributed by atoms with Gasteiger partial charge in [-0.25, -0.2) is 9.78 Å². The van der Waals surface area contributed by atoms with E-state index in [4.69, 9.17) is 14.6 Å². The molecule has 0 radical (unpaired) electrons. The number of halogens is 3. The largest absolute Gasteiger partial charge is 0.495 e. The molecule has 1 aromatic heterocycles. The molecule has 5 rings (SSSR count). The number of aromatic nitrogens is 2. The third kappa shape index (κ3) is 7.09. The lowest BCUT2D eigenvalue weighted by molar-refractivity contribution is -0.192. The van der Waals surface area contributed by atoms with E-state index in [0.717, 1.165) is 52.9 Å². The average Bonchev–Trinajstić information content (AvgIpc) is 3.54. The van der Waals surface area contributed by atoms with E-state index in [1.54, 1.807) is 13.4 Å². The number of fused-ring (bicyclic) bond motifs is 1. The van der Waals surface area contributed by atoms with E-state index in [9.17, 15) is 23.1 Å². The normalized spacial score (nSPS) is 18.4. The number of ether oxygens (including phenoxy) is 1. The maximum atomic E-state index is 13.3. The summed E-state index contributed by atoms with van der Waals surface area (Å²) < 4.78 is 39.3. The van der Waals surface area contributed by atoms with Crippen LogP contribution in [-0.4, -0.2) is 51.0 Å². The Morgan fingerprint density at radius 2 is 1.90 bits per heavy atom. The van der Waals surface area contributed by atoms with Gasteiger partial charge in [0.05, 0.1) is 37.0 Å². The average molecular weight is 558 g/mol. The Bertz CT molecular complexity index is 1410. The summed E-state index contributed by atoms with van der Waals surface area (Å²) in [5, 5.41) is 20.8. The lowest BCUT2D eigenvalue weighted by Gasteiger charge is -2.19. The molecule has 0 aliphatic heterocycles. The monoisotopic (exact) mass is 557 g/mol. The Labute approximate surface area is 229 Å². The number of carboxylic acid groups (broad SMARTS) is 1. The maximum Gasteiger partial charge on any atom is 0.490 e. The fourth-order valence-electron chi connectivity index (χ4n) is 4.58. The summed E-state index contributed by atoms with van der Waals surface area (Å²) in [6, 6.07) is 13.5. The number of nitrogens with zero attached hydrogens (tertiary/aromatic N) is 2. The number of aryl methyl sites for hydroxylation is 1. The van der Waals surface area contributed by atoms with Crippen LogP contribution in [0.3, 0.4) is 0 Å². The van der Waals surface area contributed by atoms with Gasteiger partial charge in [0, 0.05) is 18.2 Å². The highest BCUT2D eigenvalue weighted by Gasteiger charge is 2.38. The molecule has 8 nitrogen and oxygen atoms in total. The predicted octanol–water partition coefficient (Wildman–Crippen LogP) is 4.78. The molecule has 2 aliphatic carbocycles. The van der Waals surface area contributed by atoms with Crippen molar-refractivity contribution in [2.24, 2.45) is 5.92 Å². The zero-order valence-electron chi connectivity index (χ0n) is 22.0. The highest BCUT2D eigenvalue weighted by molar-refractivity contribution is 5.98. The van der Waals surface area contributed by atoms with Crippen LogP contribution in [-0.2, 0) is 16.0 Å². The van der Waals surface area contributed by atoms with Gasteiger partial charge in [-0.3, -0.25) is 4.79 Å². The molecule has 1 amide bonds. The molecule has 0 saturated heterocycles. The molecule has 11 heteroatoms. The molecule has 2 aliphatic rings. The second kappa shape index (κ2) is 12.0. The fourth-order valence-corrected chi connectivity index (χ4v) is 4.58. The van der Waals surface area contributed by atoms with E-state index in [-0.39, 0.29) is 11.9 Å². The third-order valence-corrected chi connectivity index (χ3v) is 6.76. The zero-order chi connectivity index (χ0) is 29.0. The standard InChI is InChI=1S/C27H29N3O3.C2HF3O2/c1-17-15-30(16-28-17)23-10-9-19(13-25(23)33-2)12-21(11-18-7-8-18)27(32)29-26-22-6-4-3-5-20(22)14-24(26)31;3-2(4,5)1(6)7/h3-6,9-10,12-13,15-16,18,24,26,31H,7-8,11,14H2,1-2H3,(H,29,32);(H,6,7)/b21-12+;/t24-,26+;/m0./s1. The molecule has 212 valence electrons. The van der Waals surface area contributed by atoms with Gasteiger partial charge >= 0.3 is 12.1 Å². The van der Waals surface area contributed by atoms with Crippen molar-refractivity contribution in [3.8, 4) is 11.4 Å². The van der Waals surface area contributed by atoms with Crippen molar-refractivity contribution in [2.45, 2.75) is 50.9 Å². The number of amides is 1. The van der Waals surface area contributed by atoms with Gasteiger partial charge in [-0.05, 0) is 67.0 Å². The molecular weight excluding hydrogens is 527 g/mol.